The Morgan fingerprint density at radius 1 is 0.833 bits per heavy atom. The fraction of sp³-hybridized carbons (Fsp3) is 0.200. The molecule has 1 aromatic heterocycles. The minimum Gasteiger partial charge on any atom is -0.390 e. The van der Waals surface area contributed by atoms with Crippen LogP contribution < -0.4 is 0 Å². The van der Waals surface area contributed by atoms with Crippen molar-refractivity contribution in [3.63, 3.8) is 0 Å². The van der Waals surface area contributed by atoms with Gasteiger partial charge < -0.3 is 9.84 Å². The second kappa shape index (κ2) is 9.85. The zero-order chi connectivity index (χ0) is 20.8. The maximum Gasteiger partial charge on any atom is 0.127 e. The summed E-state index contributed by atoms with van der Waals surface area (Å²) >= 11 is 1.53. The van der Waals surface area contributed by atoms with Crippen molar-refractivity contribution in [2.24, 2.45) is 0 Å². The Morgan fingerprint density at radius 3 is 2.10 bits per heavy atom. The highest BCUT2D eigenvalue weighted by Crippen LogP contribution is 2.28. The molecule has 3 aromatic carbocycles. The molecule has 0 bridgehead atoms. The van der Waals surface area contributed by atoms with Crippen molar-refractivity contribution in [3.8, 4) is 0 Å². The highest BCUT2D eigenvalue weighted by atomic mass is 32.2. The largest absolute Gasteiger partial charge is 0.390 e. The van der Waals surface area contributed by atoms with Crippen molar-refractivity contribution < 1.29 is 9.84 Å². The van der Waals surface area contributed by atoms with Crippen molar-refractivity contribution in [2.75, 3.05) is 12.4 Å². The average Bonchev–Trinajstić information content (AvgIpc) is 2.79. The number of aliphatic hydroxyl groups is 1. The Hall–Kier alpha value is -2.73. The first kappa shape index (κ1) is 20.5. The lowest BCUT2D eigenvalue weighted by Gasteiger charge is -2.21. The molecular formula is C25H24N2O2S. The van der Waals surface area contributed by atoms with E-state index in [0.717, 1.165) is 32.9 Å². The summed E-state index contributed by atoms with van der Waals surface area (Å²) in [7, 11) is 0. The molecule has 0 saturated carbocycles. The molecule has 0 aliphatic rings. The molecule has 5 heteroatoms. The zero-order valence-electron chi connectivity index (χ0n) is 16.8. The van der Waals surface area contributed by atoms with Gasteiger partial charge in [-0.15, -0.1) is 11.8 Å². The minimum atomic E-state index is -0.612. The van der Waals surface area contributed by atoms with Crippen LogP contribution in [0.15, 0.2) is 90.0 Å². The molecule has 0 spiro atoms. The molecule has 4 rings (SSSR count). The molecule has 4 nitrogen and oxygen atoms in total. The number of hydrogen-bond donors (Lipinski definition) is 1. The Bertz CT molecular complexity index is 1050. The van der Waals surface area contributed by atoms with Gasteiger partial charge in [0.25, 0.3) is 0 Å². The smallest absolute Gasteiger partial charge is 0.127 e. The molecule has 0 saturated heterocycles. The van der Waals surface area contributed by atoms with E-state index in [-0.39, 0.29) is 12.7 Å². The molecule has 30 heavy (non-hydrogen) atoms. The number of fused-ring (bicyclic) bond motifs is 1. The van der Waals surface area contributed by atoms with E-state index in [4.69, 9.17) is 4.74 Å². The highest BCUT2D eigenvalue weighted by Gasteiger charge is 2.17. The minimum absolute atomic E-state index is 0.214. The lowest BCUT2D eigenvalue weighted by molar-refractivity contribution is 0.0155. The molecule has 1 N–H and O–H groups in total. The monoisotopic (exact) mass is 416 g/mol. The van der Waals surface area contributed by atoms with Gasteiger partial charge in [0.15, 0.2) is 0 Å². The Morgan fingerprint density at radius 2 is 1.43 bits per heavy atom. The van der Waals surface area contributed by atoms with E-state index in [1.807, 2.05) is 67.6 Å². The first-order valence-electron chi connectivity index (χ1n) is 9.96. The van der Waals surface area contributed by atoms with Gasteiger partial charge in [-0.25, -0.2) is 9.97 Å². The van der Waals surface area contributed by atoms with Gasteiger partial charge in [0.05, 0.1) is 18.2 Å². The summed E-state index contributed by atoms with van der Waals surface area (Å²) in [6.07, 6.45) is -0.826. The van der Waals surface area contributed by atoms with Gasteiger partial charge in [0.1, 0.15) is 17.0 Å². The second-order valence-corrected chi connectivity index (χ2v) is 8.10. The normalized spacial score (nSPS) is 12.4. The number of para-hydroxylation sites is 1. The van der Waals surface area contributed by atoms with Crippen LogP contribution in [0, 0.1) is 6.92 Å². The van der Waals surface area contributed by atoms with E-state index in [9.17, 15) is 5.11 Å². The number of aromatic nitrogens is 2. The van der Waals surface area contributed by atoms with Crippen LogP contribution in [0.4, 0.5) is 0 Å². The van der Waals surface area contributed by atoms with Gasteiger partial charge in [-0.1, -0.05) is 78.9 Å². The van der Waals surface area contributed by atoms with Crippen LogP contribution >= 0.6 is 11.8 Å². The fourth-order valence-electron chi connectivity index (χ4n) is 3.34. The SMILES string of the molecule is Cc1nc(SC[C@H](O)COC(c2ccccc2)c2ccccc2)c2ccccc2n1. The summed E-state index contributed by atoms with van der Waals surface area (Å²) in [5.74, 6) is 1.23. The summed E-state index contributed by atoms with van der Waals surface area (Å²) in [5, 5.41) is 12.5. The Kier molecular flexibility index (Phi) is 6.74. The molecule has 0 unspecified atom stereocenters. The van der Waals surface area contributed by atoms with Crippen LogP contribution in [-0.4, -0.2) is 33.5 Å². The number of aryl methyl sites for hydroxylation is 1. The molecule has 0 amide bonds. The van der Waals surface area contributed by atoms with E-state index in [1.165, 1.54) is 11.8 Å². The van der Waals surface area contributed by atoms with Crippen LogP contribution in [-0.2, 0) is 4.74 Å². The zero-order valence-corrected chi connectivity index (χ0v) is 17.6. The number of thioether (sulfide) groups is 1. The van der Waals surface area contributed by atoms with Gasteiger partial charge >= 0.3 is 0 Å². The predicted octanol–water partition coefficient (Wildman–Crippen LogP) is 5.20. The third-order valence-corrected chi connectivity index (χ3v) is 5.89. The molecule has 0 aliphatic carbocycles. The molecule has 0 fully saturated rings. The lowest BCUT2D eigenvalue weighted by Crippen LogP contribution is -2.20. The summed E-state index contributed by atoms with van der Waals surface area (Å²) in [5.41, 5.74) is 3.06. The van der Waals surface area contributed by atoms with E-state index < -0.39 is 6.10 Å². The third-order valence-electron chi connectivity index (χ3n) is 4.75. The molecule has 1 heterocycles. The van der Waals surface area contributed by atoms with Gasteiger partial charge in [0, 0.05) is 11.1 Å². The van der Waals surface area contributed by atoms with Crippen LogP contribution in [0.25, 0.3) is 10.9 Å². The van der Waals surface area contributed by atoms with E-state index in [1.54, 1.807) is 0 Å². The lowest BCUT2D eigenvalue weighted by atomic mass is 10.0. The predicted molar refractivity (Wildman–Crippen MR) is 122 cm³/mol. The Balaban J connectivity index is 1.43. The number of rotatable bonds is 8. The van der Waals surface area contributed by atoms with Crippen molar-refractivity contribution in [1.82, 2.24) is 9.97 Å². The first-order valence-corrected chi connectivity index (χ1v) is 10.9. The number of aliphatic hydroxyl groups excluding tert-OH is 1. The molecule has 4 aromatic rings. The maximum absolute atomic E-state index is 10.6. The standard InChI is InChI=1S/C25H24N2O2S/c1-18-26-23-15-9-8-14-22(23)25(27-18)30-17-21(28)16-29-24(19-10-4-2-5-11-19)20-12-6-3-7-13-20/h2-15,21,24,28H,16-17H2,1H3/t21-/m1/s1. The van der Waals surface area contributed by atoms with Crippen LogP contribution in [0.5, 0.6) is 0 Å². The topological polar surface area (TPSA) is 55.2 Å². The first-order chi connectivity index (χ1) is 14.7. The van der Waals surface area contributed by atoms with E-state index >= 15 is 0 Å². The fourth-order valence-corrected chi connectivity index (χ4v) is 4.31. The van der Waals surface area contributed by atoms with Crippen LogP contribution in [0.2, 0.25) is 0 Å². The molecular weight excluding hydrogens is 392 g/mol. The van der Waals surface area contributed by atoms with Crippen LogP contribution in [0.3, 0.4) is 0 Å². The highest BCUT2D eigenvalue weighted by molar-refractivity contribution is 7.99. The van der Waals surface area contributed by atoms with Crippen molar-refractivity contribution in [2.45, 2.75) is 24.2 Å². The van der Waals surface area contributed by atoms with Gasteiger partial charge in [-0.3, -0.25) is 0 Å². The maximum atomic E-state index is 10.6. The number of ether oxygens (including phenoxy) is 1. The second-order valence-electron chi connectivity index (χ2n) is 7.09. The summed E-state index contributed by atoms with van der Waals surface area (Å²) in [6, 6.07) is 28.1. The van der Waals surface area contributed by atoms with E-state index in [2.05, 4.69) is 34.2 Å². The molecule has 152 valence electrons. The number of nitrogens with zero attached hydrogens (tertiary/aromatic N) is 2. The van der Waals surface area contributed by atoms with E-state index in [0.29, 0.717) is 5.75 Å². The van der Waals surface area contributed by atoms with Crippen molar-refractivity contribution >= 4 is 22.7 Å². The van der Waals surface area contributed by atoms with Crippen LogP contribution in [0.1, 0.15) is 23.1 Å². The van der Waals surface area contributed by atoms with Crippen molar-refractivity contribution in [1.29, 1.82) is 0 Å². The summed E-state index contributed by atoms with van der Waals surface area (Å²) < 4.78 is 6.18. The third kappa shape index (κ3) is 5.05. The van der Waals surface area contributed by atoms with Crippen molar-refractivity contribution in [3.05, 3.63) is 102 Å². The molecule has 0 aliphatic heterocycles. The van der Waals surface area contributed by atoms with Gasteiger partial charge in [0.2, 0.25) is 0 Å². The summed E-state index contributed by atoms with van der Waals surface area (Å²) in [4.78, 5) is 9.04. The average molecular weight is 417 g/mol. The van der Waals surface area contributed by atoms with Gasteiger partial charge in [-0.05, 0) is 24.1 Å². The quantitative estimate of drug-likeness (QED) is 0.316. The number of benzene rings is 3. The molecule has 1 atom stereocenters. The summed E-state index contributed by atoms with van der Waals surface area (Å²) in [6.45, 7) is 2.13. The van der Waals surface area contributed by atoms with Gasteiger partial charge in [-0.2, -0.15) is 0 Å². The molecule has 0 radical (unpaired) electrons. The number of hydrogen-bond acceptors (Lipinski definition) is 5. The Labute approximate surface area is 181 Å².